The molecule has 1 heterocycles. The van der Waals surface area contributed by atoms with E-state index in [1.54, 1.807) is 10.7 Å². The number of phenols is 1. The van der Waals surface area contributed by atoms with E-state index in [0.717, 1.165) is 49.9 Å². The zero-order valence-electron chi connectivity index (χ0n) is 32.0. The predicted molar refractivity (Wildman–Crippen MR) is 206 cm³/mol. The summed E-state index contributed by atoms with van der Waals surface area (Å²) in [7, 11) is 0. The first-order valence-electron chi connectivity index (χ1n) is 20.3. The van der Waals surface area contributed by atoms with Crippen molar-refractivity contribution in [1.82, 2.24) is 0 Å². The highest BCUT2D eigenvalue weighted by atomic mass is 32.2. The SMILES string of the molecule is CCC[C@H]1CCC2CC(=C3SCCCS3)CCC2C1.CCC[C@H]1CCC2C[C@H](C(F)(F)Oc3cc(F)c(F)c(F)c3)CCC2C1.Oc1cc(F)c(F)c(F)c1. The van der Waals surface area contributed by atoms with E-state index >= 15 is 0 Å². The number of phenolic OH excluding ortho intramolecular Hbond substituents is 1. The average molecular weight is 821 g/mol. The van der Waals surface area contributed by atoms with Crippen LogP contribution < -0.4 is 4.74 Å². The number of allylic oxidation sites excluding steroid dienone is 1. The zero-order chi connectivity index (χ0) is 39.7. The molecule has 1 saturated heterocycles. The summed E-state index contributed by atoms with van der Waals surface area (Å²) >= 11 is 4.32. The lowest BCUT2D eigenvalue weighted by molar-refractivity contribution is -0.229. The number of alkyl halides is 2. The minimum Gasteiger partial charge on any atom is -0.508 e. The maximum atomic E-state index is 14.6. The van der Waals surface area contributed by atoms with Gasteiger partial charge >= 0.3 is 6.11 Å². The summed E-state index contributed by atoms with van der Waals surface area (Å²) < 4.78 is 111. The quantitative estimate of drug-likeness (QED) is 0.223. The largest absolute Gasteiger partial charge is 0.508 e. The van der Waals surface area contributed by atoms with Crippen molar-refractivity contribution in [3.63, 3.8) is 0 Å². The number of fused-ring (bicyclic) bond motifs is 2. The van der Waals surface area contributed by atoms with E-state index < -0.39 is 58.4 Å². The van der Waals surface area contributed by atoms with Gasteiger partial charge in [-0.3, -0.25) is 0 Å². The third kappa shape index (κ3) is 12.2. The minimum absolute atomic E-state index is 0.262. The maximum Gasteiger partial charge on any atom is 0.400 e. The summed E-state index contributed by atoms with van der Waals surface area (Å²) in [6.07, 6.45) is 16.7. The van der Waals surface area contributed by atoms with Crippen LogP contribution in [-0.4, -0.2) is 22.7 Å². The van der Waals surface area contributed by atoms with E-state index in [1.165, 1.54) is 69.3 Å². The number of thioether (sulfide) groups is 2. The van der Waals surface area contributed by atoms with Crippen molar-refractivity contribution in [3.05, 3.63) is 69.0 Å². The highest BCUT2D eigenvalue weighted by Crippen LogP contribution is 2.51. The molecule has 0 aromatic heterocycles. The summed E-state index contributed by atoms with van der Waals surface area (Å²) in [6.45, 7) is 4.52. The van der Waals surface area contributed by atoms with Gasteiger partial charge in [0, 0.05) is 28.5 Å². The first-order chi connectivity index (χ1) is 26.3. The molecular weight excluding hydrogens is 765 g/mol. The van der Waals surface area contributed by atoms with E-state index in [4.69, 9.17) is 5.11 Å². The molecule has 5 fully saturated rings. The number of hydrogen-bond acceptors (Lipinski definition) is 4. The molecule has 1 aliphatic heterocycles. The summed E-state index contributed by atoms with van der Waals surface area (Å²) in [4.78, 5) is 0. The Morgan fingerprint density at radius 2 is 1.15 bits per heavy atom. The van der Waals surface area contributed by atoms with E-state index in [9.17, 15) is 35.1 Å². The van der Waals surface area contributed by atoms with E-state index in [0.29, 0.717) is 48.9 Å². The van der Waals surface area contributed by atoms with Crippen LogP contribution in [0.4, 0.5) is 35.1 Å². The third-order valence-electron chi connectivity index (χ3n) is 12.4. The standard InChI is InChI=1S/C20H25F5O.C17H28S2.C6H3F3O/c1-2-3-12-4-5-14-9-15(7-6-13(14)8-12)20(24,25)26-16-10-17(21)19(23)18(22)11-16;1-2-4-13-5-6-15-12-16(8-7-14(15)11-13)17-18-9-3-10-19-17;7-4-1-3(10)2-5(8)6(4)9/h10-15H,2-9H2,1H3;13-15H,2-12H2,1H3;1-2,10H/t12-,13?,14?,15+;13-,14?,15?;/m00./s1. The minimum atomic E-state index is -3.53. The molecule has 55 heavy (non-hydrogen) atoms. The molecule has 1 N–H and O–H groups in total. The highest BCUT2D eigenvalue weighted by molar-refractivity contribution is 8.22. The predicted octanol–water partition coefficient (Wildman–Crippen LogP) is 14.6. The van der Waals surface area contributed by atoms with Crippen LogP contribution in [0.2, 0.25) is 0 Å². The first-order valence-corrected chi connectivity index (χ1v) is 22.3. The van der Waals surface area contributed by atoms with Crippen LogP contribution in [0, 0.1) is 76.3 Å². The van der Waals surface area contributed by atoms with Gasteiger partial charge in [0.05, 0.1) is 5.92 Å². The number of aromatic hydroxyl groups is 1. The summed E-state index contributed by atoms with van der Waals surface area (Å²) in [5.41, 5.74) is 1.85. The molecule has 2 aromatic rings. The molecule has 0 amide bonds. The lowest BCUT2D eigenvalue weighted by Crippen LogP contribution is -2.41. The number of ether oxygens (including phenoxy) is 1. The van der Waals surface area contributed by atoms with Crippen LogP contribution in [0.1, 0.15) is 123 Å². The molecule has 0 radical (unpaired) electrons. The summed E-state index contributed by atoms with van der Waals surface area (Å²) in [5, 5.41) is 8.47. The fourth-order valence-electron chi connectivity index (χ4n) is 9.65. The zero-order valence-corrected chi connectivity index (χ0v) is 33.6. The Labute approximate surface area is 330 Å². The number of rotatable bonds is 7. The normalized spacial score (nSPS) is 28.1. The second-order valence-corrected chi connectivity index (χ2v) is 18.7. The molecule has 7 rings (SSSR count). The Morgan fingerprint density at radius 1 is 0.655 bits per heavy atom. The van der Waals surface area contributed by atoms with Crippen LogP contribution >= 0.6 is 23.5 Å². The first kappa shape index (κ1) is 44.0. The molecule has 4 saturated carbocycles. The second-order valence-electron chi connectivity index (χ2n) is 16.3. The molecule has 0 spiro atoms. The molecule has 0 bridgehead atoms. The van der Waals surface area contributed by atoms with Crippen LogP contribution in [0.5, 0.6) is 11.5 Å². The molecule has 308 valence electrons. The Balaban J connectivity index is 0.000000174. The number of benzene rings is 2. The molecule has 4 unspecified atom stereocenters. The van der Waals surface area contributed by atoms with E-state index in [2.05, 4.69) is 42.1 Å². The lowest BCUT2D eigenvalue weighted by atomic mass is 9.64. The van der Waals surface area contributed by atoms with E-state index in [-0.39, 0.29) is 5.92 Å². The van der Waals surface area contributed by atoms with Crippen molar-refractivity contribution >= 4 is 23.5 Å². The van der Waals surface area contributed by atoms with Crippen molar-refractivity contribution in [3.8, 4) is 11.5 Å². The highest BCUT2D eigenvalue weighted by Gasteiger charge is 2.48. The lowest BCUT2D eigenvalue weighted by Gasteiger charge is -2.43. The van der Waals surface area contributed by atoms with Gasteiger partial charge < -0.3 is 9.84 Å². The van der Waals surface area contributed by atoms with Crippen molar-refractivity contribution in [2.75, 3.05) is 11.5 Å². The Kier molecular flexibility index (Phi) is 16.5. The third-order valence-corrected chi connectivity index (χ3v) is 15.2. The average Bonchev–Trinajstić information content (AvgIpc) is 3.16. The Bertz CT molecular complexity index is 1530. The van der Waals surface area contributed by atoms with Crippen molar-refractivity contribution in [2.24, 2.45) is 41.4 Å². The molecular formula is C43H56F8O2S2. The molecule has 2 aromatic carbocycles. The van der Waals surface area contributed by atoms with Gasteiger partial charge in [0.25, 0.3) is 0 Å². The smallest absolute Gasteiger partial charge is 0.400 e. The van der Waals surface area contributed by atoms with Crippen LogP contribution in [0.3, 0.4) is 0 Å². The molecule has 4 aliphatic carbocycles. The fourth-order valence-corrected chi connectivity index (χ4v) is 12.4. The van der Waals surface area contributed by atoms with Gasteiger partial charge in [-0.15, -0.1) is 23.5 Å². The Hall–Kier alpha value is -2.08. The number of hydrogen-bond donors (Lipinski definition) is 1. The van der Waals surface area contributed by atoms with Crippen molar-refractivity contribution < 1.29 is 45.0 Å². The summed E-state index contributed by atoms with van der Waals surface area (Å²) in [5.74, 6) is -4.00. The fraction of sp³-hybridized carbons (Fsp3) is 0.674. The van der Waals surface area contributed by atoms with E-state index in [1.807, 2.05) is 5.57 Å². The topological polar surface area (TPSA) is 29.5 Å². The van der Waals surface area contributed by atoms with Crippen LogP contribution in [-0.2, 0) is 0 Å². The number of halogens is 8. The molecule has 7 atom stereocenters. The molecule has 2 nitrogen and oxygen atoms in total. The molecule has 5 aliphatic rings. The monoisotopic (exact) mass is 820 g/mol. The maximum absolute atomic E-state index is 14.6. The van der Waals surface area contributed by atoms with Crippen molar-refractivity contribution in [1.29, 1.82) is 0 Å². The second kappa shape index (κ2) is 20.6. The Morgan fingerprint density at radius 3 is 1.71 bits per heavy atom. The van der Waals surface area contributed by atoms with Gasteiger partial charge in [-0.25, -0.2) is 26.3 Å². The van der Waals surface area contributed by atoms with Gasteiger partial charge in [-0.2, -0.15) is 8.78 Å². The van der Waals surface area contributed by atoms with Gasteiger partial charge in [0.1, 0.15) is 11.5 Å². The van der Waals surface area contributed by atoms with Gasteiger partial charge in [-0.1, -0.05) is 52.4 Å². The van der Waals surface area contributed by atoms with Gasteiger partial charge in [0.2, 0.25) is 0 Å². The van der Waals surface area contributed by atoms with Crippen molar-refractivity contribution in [2.45, 2.75) is 129 Å². The van der Waals surface area contributed by atoms with Gasteiger partial charge in [0.15, 0.2) is 34.9 Å². The van der Waals surface area contributed by atoms with Crippen LogP contribution in [0.25, 0.3) is 0 Å². The van der Waals surface area contributed by atoms with Crippen LogP contribution in [0.15, 0.2) is 34.1 Å². The van der Waals surface area contributed by atoms with Gasteiger partial charge in [-0.05, 0) is 123 Å². The molecule has 12 heteroatoms. The summed E-state index contributed by atoms with van der Waals surface area (Å²) in [6, 6.07) is 1.93.